The van der Waals surface area contributed by atoms with Crippen LogP contribution >= 0.6 is 0 Å². The second-order valence-electron chi connectivity index (χ2n) is 7.38. The number of aromatic amines is 2. The summed E-state index contributed by atoms with van der Waals surface area (Å²) in [6, 6.07) is 14.4. The van der Waals surface area contributed by atoms with Crippen molar-refractivity contribution >= 4 is 23.1 Å². The second kappa shape index (κ2) is 8.34. The number of nitrogens with zero attached hydrogens (tertiary/aromatic N) is 3. The van der Waals surface area contributed by atoms with Gasteiger partial charge in [-0.1, -0.05) is 38.1 Å². The summed E-state index contributed by atoms with van der Waals surface area (Å²) in [4.78, 5) is 44.9. The maximum absolute atomic E-state index is 13.2. The van der Waals surface area contributed by atoms with Gasteiger partial charge in [0, 0.05) is 0 Å². The standard InChI is InChI=1S/C22H20N6O4/c1-12(2)13-7-9-14(10-8-13)28-20(31)15-5-3-4-6-17(15)24-21(28)27-23-11-16-18(29)25-22(32)26-19(16)30/h3-12H,1-2H3,(H,24,27)(H3,25,26,29,30,32)/b23-11+. The highest BCUT2D eigenvalue weighted by Crippen LogP contribution is 2.20. The number of H-pyrrole nitrogens is 2. The topological polar surface area (TPSA) is 145 Å². The monoisotopic (exact) mass is 432 g/mol. The Labute approximate surface area is 180 Å². The van der Waals surface area contributed by atoms with Gasteiger partial charge in [-0.25, -0.2) is 19.8 Å². The lowest BCUT2D eigenvalue weighted by Crippen LogP contribution is -2.25. The molecular weight excluding hydrogens is 412 g/mol. The van der Waals surface area contributed by atoms with Crippen LogP contribution in [0.25, 0.3) is 16.6 Å². The van der Waals surface area contributed by atoms with Crippen molar-refractivity contribution in [2.24, 2.45) is 5.10 Å². The number of aromatic hydroxyl groups is 1. The van der Waals surface area contributed by atoms with E-state index < -0.39 is 17.1 Å². The quantitative estimate of drug-likeness (QED) is 0.280. The number of para-hydroxylation sites is 1. The van der Waals surface area contributed by atoms with Crippen LogP contribution in [0.5, 0.6) is 5.88 Å². The molecule has 0 saturated carbocycles. The van der Waals surface area contributed by atoms with E-state index in [1.165, 1.54) is 4.57 Å². The van der Waals surface area contributed by atoms with Gasteiger partial charge in [0.15, 0.2) is 0 Å². The van der Waals surface area contributed by atoms with Gasteiger partial charge in [0.2, 0.25) is 11.8 Å². The summed E-state index contributed by atoms with van der Waals surface area (Å²) in [5.74, 6) is -0.180. The van der Waals surface area contributed by atoms with Crippen molar-refractivity contribution in [3.63, 3.8) is 0 Å². The summed E-state index contributed by atoms with van der Waals surface area (Å²) in [5.41, 5.74) is 2.63. The molecule has 162 valence electrons. The fourth-order valence-corrected chi connectivity index (χ4v) is 3.21. The molecule has 4 aromatic rings. The zero-order chi connectivity index (χ0) is 22.8. The molecular formula is C22H20N6O4. The molecule has 0 bridgehead atoms. The van der Waals surface area contributed by atoms with Crippen LogP contribution in [0.4, 0.5) is 5.95 Å². The fourth-order valence-electron chi connectivity index (χ4n) is 3.21. The van der Waals surface area contributed by atoms with Crippen LogP contribution in [0.3, 0.4) is 0 Å². The number of aromatic nitrogens is 4. The average Bonchev–Trinajstić information content (AvgIpc) is 2.76. The van der Waals surface area contributed by atoms with Gasteiger partial charge in [0.25, 0.3) is 11.1 Å². The van der Waals surface area contributed by atoms with Gasteiger partial charge >= 0.3 is 5.69 Å². The molecule has 10 heteroatoms. The number of rotatable bonds is 5. The fraction of sp³-hybridized carbons (Fsp3) is 0.136. The number of benzene rings is 2. The van der Waals surface area contributed by atoms with E-state index in [-0.39, 0.29) is 17.1 Å². The third-order valence-corrected chi connectivity index (χ3v) is 4.91. The molecule has 0 radical (unpaired) electrons. The number of hydrogen-bond acceptors (Lipinski definition) is 7. The Morgan fingerprint density at radius 2 is 1.78 bits per heavy atom. The van der Waals surface area contributed by atoms with Crippen molar-refractivity contribution in [2.75, 3.05) is 5.43 Å². The summed E-state index contributed by atoms with van der Waals surface area (Å²) >= 11 is 0. The predicted octanol–water partition coefficient (Wildman–Crippen LogP) is 2.04. The number of hydrazone groups is 1. The molecule has 0 aliphatic carbocycles. The van der Waals surface area contributed by atoms with E-state index in [0.29, 0.717) is 22.5 Å². The highest BCUT2D eigenvalue weighted by molar-refractivity contribution is 5.82. The van der Waals surface area contributed by atoms with E-state index in [4.69, 9.17) is 0 Å². The molecule has 0 aliphatic rings. The maximum Gasteiger partial charge on any atom is 0.328 e. The molecule has 2 aromatic carbocycles. The first-order valence-electron chi connectivity index (χ1n) is 9.82. The van der Waals surface area contributed by atoms with Crippen molar-refractivity contribution in [2.45, 2.75) is 19.8 Å². The van der Waals surface area contributed by atoms with Gasteiger partial charge in [0.05, 0.1) is 22.8 Å². The average molecular weight is 432 g/mol. The molecule has 32 heavy (non-hydrogen) atoms. The lowest BCUT2D eigenvalue weighted by atomic mass is 10.0. The van der Waals surface area contributed by atoms with Crippen molar-refractivity contribution in [3.05, 3.63) is 90.8 Å². The van der Waals surface area contributed by atoms with Crippen LogP contribution < -0.4 is 22.2 Å². The van der Waals surface area contributed by atoms with Crippen LogP contribution in [0, 0.1) is 0 Å². The molecule has 0 saturated heterocycles. The Balaban J connectivity index is 1.81. The lowest BCUT2D eigenvalue weighted by molar-refractivity contribution is 0.447. The van der Waals surface area contributed by atoms with Gasteiger partial charge in [-0.05, 0) is 35.7 Å². The Morgan fingerprint density at radius 3 is 2.47 bits per heavy atom. The Hall–Kier alpha value is -4.47. The Morgan fingerprint density at radius 1 is 1.06 bits per heavy atom. The first-order valence-corrected chi connectivity index (χ1v) is 9.82. The van der Waals surface area contributed by atoms with Crippen LogP contribution in [-0.2, 0) is 0 Å². The molecule has 0 fully saturated rings. The van der Waals surface area contributed by atoms with E-state index >= 15 is 0 Å². The van der Waals surface area contributed by atoms with Crippen molar-refractivity contribution in [1.29, 1.82) is 0 Å². The molecule has 0 atom stereocenters. The number of hydrogen-bond donors (Lipinski definition) is 4. The summed E-state index contributed by atoms with van der Waals surface area (Å²) in [7, 11) is 0. The SMILES string of the molecule is CC(C)c1ccc(-n2c(N/N=C/c3c(O)[nH]c(=O)[nH]c3=O)nc3ccccc3c2=O)cc1. The lowest BCUT2D eigenvalue weighted by Gasteiger charge is -2.14. The van der Waals surface area contributed by atoms with Crippen LogP contribution in [-0.4, -0.2) is 30.8 Å². The van der Waals surface area contributed by atoms with Crippen LogP contribution in [0.1, 0.15) is 30.9 Å². The smallest absolute Gasteiger partial charge is 0.328 e. The Bertz CT molecular complexity index is 1500. The number of anilines is 1. The normalized spacial score (nSPS) is 11.5. The molecule has 0 unspecified atom stereocenters. The summed E-state index contributed by atoms with van der Waals surface area (Å²) in [5, 5.41) is 14.2. The summed E-state index contributed by atoms with van der Waals surface area (Å²) in [6.45, 7) is 4.16. The second-order valence-corrected chi connectivity index (χ2v) is 7.38. The number of fused-ring (bicyclic) bond motifs is 1. The minimum Gasteiger partial charge on any atom is -0.494 e. The van der Waals surface area contributed by atoms with Gasteiger partial charge in [0.1, 0.15) is 5.56 Å². The summed E-state index contributed by atoms with van der Waals surface area (Å²) in [6.07, 6.45) is 1.03. The molecule has 2 heterocycles. The first-order chi connectivity index (χ1) is 15.3. The maximum atomic E-state index is 13.2. The Kier molecular flexibility index (Phi) is 5.42. The van der Waals surface area contributed by atoms with E-state index in [1.807, 2.05) is 29.2 Å². The third kappa shape index (κ3) is 3.93. The minimum absolute atomic E-state index is 0.114. The summed E-state index contributed by atoms with van der Waals surface area (Å²) < 4.78 is 1.38. The van der Waals surface area contributed by atoms with Crippen molar-refractivity contribution in [1.82, 2.24) is 19.5 Å². The third-order valence-electron chi connectivity index (χ3n) is 4.91. The minimum atomic E-state index is -0.840. The van der Waals surface area contributed by atoms with Crippen molar-refractivity contribution < 1.29 is 5.11 Å². The van der Waals surface area contributed by atoms with E-state index in [2.05, 4.69) is 34.3 Å². The highest BCUT2D eigenvalue weighted by atomic mass is 16.3. The zero-order valence-corrected chi connectivity index (χ0v) is 17.3. The molecule has 4 rings (SSSR count). The largest absolute Gasteiger partial charge is 0.494 e. The predicted molar refractivity (Wildman–Crippen MR) is 122 cm³/mol. The van der Waals surface area contributed by atoms with Crippen LogP contribution in [0.2, 0.25) is 0 Å². The molecule has 10 nitrogen and oxygen atoms in total. The first kappa shape index (κ1) is 20.8. The zero-order valence-electron chi connectivity index (χ0n) is 17.3. The molecule has 0 spiro atoms. The highest BCUT2D eigenvalue weighted by Gasteiger charge is 2.13. The molecule has 4 N–H and O–H groups in total. The van der Waals surface area contributed by atoms with Gasteiger partial charge < -0.3 is 5.11 Å². The molecule has 2 aromatic heterocycles. The van der Waals surface area contributed by atoms with Crippen molar-refractivity contribution in [3.8, 4) is 11.6 Å². The van der Waals surface area contributed by atoms with E-state index in [0.717, 1.165) is 11.8 Å². The molecule has 0 aliphatic heterocycles. The molecule has 0 amide bonds. The van der Waals surface area contributed by atoms with Gasteiger partial charge in [-0.3, -0.25) is 19.6 Å². The van der Waals surface area contributed by atoms with Crippen LogP contribution in [0.15, 0.2) is 68.0 Å². The van der Waals surface area contributed by atoms with E-state index in [1.54, 1.807) is 24.3 Å². The van der Waals surface area contributed by atoms with Gasteiger partial charge in [-0.2, -0.15) is 5.10 Å². The van der Waals surface area contributed by atoms with Gasteiger partial charge in [-0.15, -0.1) is 0 Å². The van der Waals surface area contributed by atoms with E-state index in [9.17, 15) is 19.5 Å². The number of nitrogens with one attached hydrogen (secondary N) is 3.